The fourth-order valence-electron chi connectivity index (χ4n) is 3.09. The van der Waals surface area contributed by atoms with Crippen LogP contribution in [0.3, 0.4) is 0 Å². The van der Waals surface area contributed by atoms with Crippen LogP contribution in [0.4, 0.5) is 0 Å². The quantitative estimate of drug-likeness (QED) is 0.319. The van der Waals surface area contributed by atoms with E-state index in [1.807, 2.05) is 6.07 Å². The van der Waals surface area contributed by atoms with E-state index in [9.17, 15) is 0 Å². The third-order valence-corrected chi connectivity index (χ3v) is 6.89. The van der Waals surface area contributed by atoms with Gasteiger partial charge in [0, 0.05) is 0 Å². The van der Waals surface area contributed by atoms with Gasteiger partial charge in [-0.25, -0.2) is 0 Å². The molecule has 0 unspecified atom stereocenters. The number of benzene rings is 4. The second-order valence-electron chi connectivity index (χ2n) is 6.34. The SMILES string of the molecule is C(=Cc1ccc(P(c2ccccc2)c2ccccc2)cc1)c1ccccc1. The minimum atomic E-state index is -0.536. The van der Waals surface area contributed by atoms with Crippen LogP contribution in [0.1, 0.15) is 11.1 Å². The third kappa shape index (κ3) is 4.42. The van der Waals surface area contributed by atoms with Gasteiger partial charge in [0.25, 0.3) is 0 Å². The fourth-order valence-corrected chi connectivity index (χ4v) is 5.37. The van der Waals surface area contributed by atoms with Gasteiger partial charge < -0.3 is 0 Å². The minimum absolute atomic E-state index is 0.536. The highest BCUT2D eigenvalue weighted by Crippen LogP contribution is 2.32. The Hall–Kier alpha value is -2.95. The molecule has 0 heterocycles. The van der Waals surface area contributed by atoms with Gasteiger partial charge in [-0.05, 0) is 35.0 Å². The second kappa shape index (κ2) is 8.62. The Bertz CT molecular complexity index is 949. The average Bonchev–Trinajstić information content (AvgIpc) is 2.76. The molecule has 0 bridgehead atoms. The molecule has 0 aromatic heterocycles. The second-order valence-corrected chi connectivity index (χ2v) is 8.56. The summed E-state index contributed by atoms with van der Waals surface area (Å²) < 4.78 is 0. The zero-order chi connectivity index (χ0) is 18.3. The predicted molar refractivity (Wildman–Crippen MR) is 121 cm³/mol. The molecular weight excluding hydrogens is 343 g/mol. The first-order valence-electron chi connectivity index (χ1n) is 9.13. The summed E-state index contributed by atoms with van der Waals surface area (Å²) in [7, 11) is -0.536. The van der Waals surface area contributed by atoms with E-state index < -0.39 is 7.92 Å². The first-order valence-corrected chi connectivity index (χ1v) is 10.5. The maximum atomic E-state index is 2.27. The first kappa shape index (κ1) is 17.5. The molecule has 0 spiro atoms. The number of hydrogen-bond acceptors (Lipinski definition) is 0. The van der Waals surface area contributed by atoms with Crippen LogP contribution in [0.5, 0.6) is 0 Å². The van der Waals surface area contributed by atoms with E-state index in [0.29, 0.717) is 0 Å². The number of hydrogen-bond donors (Lipinski definition) is 0. The van der Waals surface area contributed by atoms with E-state index >= 15 is 0 Å². The van der Waals surface area contributed by atoms with Crippen molar-refractivity contribution >= 4 is 36.0 Å². The molecule has 0 atom stereocenters. The molecule has 4 aromatic rings. The lowest BCUT2D eigenvalue weighted by Crippen LogP contribution is -2.20. The van der Waals surface area contributed by atoms with Gasteiger partial charge in [0.2, 0.25) is 0 Å². The summed E-state index contributed by atoms with van der Waals surface area (Å²) in [6, 6.07) is 41.0. The zero-order valence-corrected chi connectivity index (χ0v) is 16.0. The summed E-state index contributed by atoms with van der Waals surface area (Å²) >= 11 is 0. The molecule has 0 aliphatic rings. The molecule has 0 aliphatic carbocycles. The van der Waals surface area contributed by atoms with Gasteiger partial charge in [-0.3, -0.25) is 0 Å². The van der Waals surface area contributed by atoms with Gasteiger partial charge >= 0.3 is 0 Å². The molecule has 0 amide bonds. The Morgan fingerprint density at radius 3 is 1.22 bits per heavy atom. The van der Waals surface area contributed by atoms with Gasteiger partial charge in [0.05, 0.1) is 0 Å². The van der Waals surface area contributed by atoms with E-state index in [4.69, 9.17) is 0 Å². The van der Waals surface area contributed by atoms with E-state index in [-0.39, 0.29) is 0 Å². The Kier molecular flexibility index (Phi) is 5.58. The highest BCUT2D eigenvalue weighted by Gasteiger charge is 2.15. The van der Waals surface area contributed by atoms with Crippen molar-refractivity contribution in [3.05, 3.63) is 126 Å². The summed E-state index contributed by atoms with van der Waals surface area (Å²) in [4.78, 5) is 0. The van der Waals surface area contributed by atoms with Crippen LogP contribution in [0.15, 0.2) is 115 Å². The summed E-state index contributed by atoms with van der Waals surface area (Å²) in [6.07, 6.45) is 4.33. The topological polar surface area (TPSA) is 0 Å². The molecule has 0 nitrogen and oxygen atoms in total. The monoisotopic (exact) mass is 364 g/mol. The molecule has 27 heavy (non-hydrogen) atoms. The van der Waals surface area contributed by atoms with Crippen molar-refractivity contribution in [2.75, 3.05) is 0 Å². The van der Waals surface area contributed by atoms with Crippen molar-refractivity contribution in [1.29, 1.82) is 0 Å². The highest BCUT2D eigenvalue weighted by atomic mass is 31.1. The Morgan fingerprint density at radius 1 is 0.370 bits per heavy atom. The fraction of sp³-hybridized carbons (Fsp3) is 0. The summed E-state index contributed by atoms with van der Waals surface area (Å²) in [6.45, 7) is 0. The summed E-state index contributed by atoms with van der Waals surface area (Å²) in [5.41, 5.74) is 2.44. The van der Waals surface area contributed by atoms with Crippen LogP contribution in [0.2, 0.25) is 0 Å². The van der Waals surface area contributed by atoms with E-state index in [1.165, 1.54) is 27.0 Å². The molecule has 0 saturated heterocycles. The normalized spacial score (nSPS) is 11.1. The maximum absolute atomic E-state index is 2.27. The standard InChI is InChI=1S/C26H21P/c1-4-10-22(11-5-1)16-17-23-18-20-26(21-19-23)27(24-12-6-2-7-13-24)25-14-8-3-9-15-25/h1-21H. The van der Waals surface area contributed by atoms with Crippen molar-refractivity contribution in [2.45, 2.75) is 0 Å². The van der Waals surface area contributed by atoms with Crippen LogP contribution in [-0.4, -0.2) is 0 Å². The first-order chi connectivity index (χ1) is 13.4. The summed E-state index contributed by atoms with van der Waals surface area (Å²) in [5.74, 6) is 0. The van der Waals surface area contributed by atoms with Crippen LogP contribution in [0.25, 0.3) is 12.2 Å². The van der Waals surface area contributed by atoms with Gasteiger partial charge in [-0.15, -0.1) is 0 Å². The largest absolute Gasteiger partial charge is 0.0622 e. The lowest BCUT2D eigenvalue weighted by molar-refractivity contribution is 1.66. The molecule has 130 valence electrons. The predicted octanol–water partition coefficient (Wildman–Crippen LogP) is 5.62. The Balaban J connectivity index is 1.64. The number of rotatable bonds is 5. The van der Waals surface area contributed by atoms with Gasteiger partial charge in [0.15, 0.2) is 0 Å². The lowest BCUT2D eigenvalue weighted by atomic mass is 10.1. The minimum Gasteiger partial charge on any atom is -0.0622 e. The zero-order valence-electron chi connectivity index (χ0n) is 15.1. The molecule has 0 radical (unpaired) electrons. The van der Waals surface area contributed by atoms with Crippen molar-refractivity contribution in [2.24, 2.45) is 0 Å². The van der Waals surface area contributed by atoms with Crippen molar-refractivity contribution in [3.8, 4) is 0 Å². The van der Waals surface area contributed by atoms with Gasteiger partial charge in [-0.1, -0.05) is 127 Å². The molecular formula is C26H21P. The van der Waals surface area contributed by atoms with Gasteiger partial charge in [-0.2, -0.15) is 0 Å². The molecule has 0 aliphatic heterocycles. The summed E-state index contributed by atoms with van der Waals surface area (Å²) in [5, 5.41) is 4.14. The third-order valence-electron chi connectivity index (χ3n) is 4.45. The lowest BCUT2D eigenvalue weighted by Gasteiger charge is -2.19. The van der Waals surface area contributed by atoms with Gasteiger partial charge in [0.1, 0.15) is 0 Å². The average molecular weight is 364 g/mol. The molecule has 1 heteroatoms. The van der Waals surface area contributed by atoms with Crippen LogP contribution < -0.4 is 15.9 Å². The van der Waals surface area contributed by atoms with Crippen molar-refractivity contribution < 1.29 is 0 Å². The molecule has 0 fully saturated rings. The highest BCUT2D eigenvalue weighted by molar-refractivity contribution is 7.79. The molecule has 0 N–H and O–H groups in total. The molecule has 4 aromatic carbocycles. The van der Waals surface area contributed by atoms with Crippen molar-refractivity contribution in [3.63, 3.8) is 0 Å². The van der Waals surface area contributed by atoms with Crippen LogP contribution in [-0.2, 0) is 0 Å². The van der Waals surface area contributed by atoms with Crippen molar-refractivity contribution in [1.82, 2.24) is 0 Å². The Labute approximate surface area is 162 Å². The smallest absolute Gasteiger partial charge is 0.0134 e. The Morgan fingerprint density at radius 2 is 0.741 bits per heavy atom. The van der Waals surface area contributed by atoms with Crippen LogP contribution in [0, 0.1) is 0 Å². The molecule has 0 saturated carbocycles. The van der Waals surface area contributed by atoms with Crippen LogP contribution >= 0.6 is 7.92 Å². The van der Waals surface area contributed by atoms with E-state index in [2.05, 4.69) is 121 Å². The van der Waals surface area contributed by atoms with E-state index in [1.54, 1.807) is 0 Å². The maximum Gasteiger partial charge on any atom is -0.0134 e. The molecule has 4 rings (SSSR count). The van der Waals surface area contributed by atoms with E-state index in [0.717, 1.165) is 0 Å².